The highest BCUT2D eigenvalue weighted by Gasteiger charge is 2.13. The zero-order valence-corrected chi connectivity index (χ0v) is 11.6. The molecule has 0 aliphatic carbocycles. The van der Waals surface area contributed by atoms with E-state index in [1.54, 1.807) is 12.1 Å². The van der Waals surface area contributed by atoms with Crippen molar-refractivity contribution in [1.82, 2.24) is 10.2 Å². The average Bonchev–Trinajstić information content (AvgIpc) is 2.26. The third kappa shape index (κ3) is 4.55. The zero-order valence-electron chi connectivity index (χ0n) is 11.6. The van der Waals surface area contributed by atoms with Crippen LogP contribution in [0.1, 0.15) is 31.9 Å². The molecule has 1 aromatic carbocycles. The number of hydrogen-bond acceptors (Lipinski definition) is 4. The minimum absolute atomic E-state index is 0.0581. The van der Waals surface area contributed by atoms with Crippen LogP contribution in [-0.2, 0) is 0 Å². The highest BCUT2D eigenvalue weighted by atomic mass is 16.3. The van der Waals surface area contributed by atoms with E-state index in [4.69, 9.17) is 0 Å². The van der Waals surface area contributed by atoms with Crippen molar-refractivity contribution in [3.63, 3.8) is 0 Å². The molecule has 2 unspecified atom stereocenters. The van der Waals surface area contributed by atoms with Gasteiger partial charge in [0.2, 0.25) is 0 Å². The third-order valence-corrected chi connectivity index (χ3v) is 3.02. The first kappa shape index (κ1) is 14.8. The molecule has 0 amide bonds. The summed E-state index contributed by atoms with van der Waals surface area (Å²) >= 11 is 0. The molecule has 1 rings (SSSR count). The van der Waals surface area contributed by atoms with E-state index < -0.39 is 0 Å². The number of rotatable bonds is 6. The van der Waals surface area contributed by atoms with Crippen molar-refractivity contribution in [2.75, 3.05) is 20.6 Å². The van der Waals surface area contributed by atoms with Crippen LogP contribution in [0.3, 0.4) is 0 Å². The monoisotopic (exact) mass is 252 g/mol. The molecule has 18 heavy (non-hydrogen) atoms. The second-order valence-electron chi connectivity index (χ2n) is 5.12. The average molecular weight is 252 g/mol. The molecule has 4 heteroatoms. The molecule has 0 aromatic heterocycles. The maximum absolute atomic E-state index is 9.78. The molecule has 0 radical (unpaired) electrons. The summed E-state index contributed by atoms with van der Waals surface area (Å²) in [6, 6.07) is 5.15. The van der Waals surface area contributed by atoms with Gasteiger partial charge in [0.25, 0.3) is 0 Å². The number of phenolic OH excluding ortho intramolecular Hbond substituents is 2. The summed E-state index contributed by atoms with van der Waals surface area (Å²) in [6.45, 7) is 5.18. The maximum Gasteiger partial charge on any atom is 0.124 e. The number of hydrogen-bond donors (Lipinski definition) is 3. The predicted molar refractivity (Wildman–Crippen MR) is 74.0 cm³/mol. The van der Waals surface area contributed by atoms with Gasteiger partial charge in [0.1, 0.15) is 11.5 Å². The van der Waals surface area contributed by atoms with Gasteiger partial charge in [-0.15, -0.1) is 0 Å². The van der Waals surface area contributed by atoms with Gasteiger partial charge < -0.3 is 20.4 Å². The van der Waals surface area contributed by atoms with Crippen LogP contribution >= 0.6 is 0 Å². The fourth-order valence-corrected chi connectivity index (χ4v) is 1.95. The van der Waals surface area contributed by atoms with Crippen LogP contribution in [0.5, 0.6) is 11.5 Å². The SMILES string of the molecule is CC(CCN(C)C)NC(C)c1ccc(O)cc1O. The Hall–Kier alpha value is -1.26. The number of nitrogens with zero attached hydrogens (tertiary/aromatic N) is 1. The van der Waals surface area contributed by atoms with Crippen LogP contribution in [0.2, 0.25) is 0 Å². The lowest BCUT2D eigenvalue weighted by molar-refractivity contribution is 0.351. The number of nitrogens with one attached hydrogen (secondary N) is 1. The van der Waals surface area contributed by atoms with Crippen LogP contribution in [-0.4, -0.2) is 41.8 Å². The van der Waals surface area contributed by atoms with Crippen molar-refractivity contribution in [1.29, 1.82) is 0 Å². The second kappa shape index (κ2) is 6.61. The normalized spacial score (nSPS) is 14.7. The van der Waals surface area contributed by atoms with E-state index in [0.717, 1.165) is 18.5 Å². The lowest BCUT2D eigenvalue weighted by atomic mass is 10.1. The molecule has 3 N–H and O–H groups in total. The van der Waals surface area contributed by atoms with Crippen molar-refractivity contribution >= 4 is 0 Å². The van der Waals surface area contributed by atoms with Gasteiger partial charge in [-0.1, -0.05) is 6.07 Å². The Balaban J connectivity index is 2.56. The molecule has 0 aliphatic rings. The molecule has 0 saturated heterocycles. The van der Waals surface area contributed by atoms with Crippen molar-refractivity contribution in [2.24, 2.45) is 0 Å². The number of aromatic hydroxyl groups is 2. The zero-order chi connectivity index (χ0) is 13.7. The molecule has 2 atom stereocenters. The molecule has 0 bridgehead atoms. The van der Waals surface area contributed by atoms with Crippen LogP contribution in [0.25, 0.3) is 0 Å². The van der Waals surface area contributed by atoms with Crippen LogP contribution in [0.4, 0.5) is 0 Å². The van der Waals surface area contributed by atoms with Gasteiger partial charge in [-0.3, -0.25) is 0 Å². The van der Waals surface area contributed by atoms with Crippen molar-refractivity contribution in [3.8, 4) is 11.5 Å². The van der Waals surface area contributed by atoms with Gasteiger partial charge in [-0.2, -0.15) is 0 Å². The molecular weight excluding hydrogens is 228 g/mol. The van der Waals surface area contributed by atoms with Gasteiger partial charge in [-0.05, 0) is 47.0 Å². The summed E-state index contributed by atoms with van der Waals surface area (Å²) < 4.78 is 0. The molecule has 0 heterocycles. The summed E-state index contributed by atoms with van der Waals surface area (Å²) in [5.41, 5.74) is 0.810. The van der Waals surface area contributed by atoms with E-state index in [0.29, 0.717) is 6.04 Å². The highest BCUT2D eigenvalue weighted by Crippen LogP contribution is 2.27. The van der Waals surface area contributed by atoms with Crippen LogP contribution in [0.15, 0.2) is 18.2 Å². The van der Waals surface area contributed by atoms with Crippen molar-refractivity contribution in [2.45, 2.75) is 32.4 Å². The maximum atomic E-state index is 9.78. The largest absolute Gasteiger partial charge is 0.508 e. The molecule has 0 saturated carbocycles. The topological polar surface area (TPSA) is 55.7 Å². The second-order valence-corrected chi connectivity index (χ2v) is 5.12. The summed E-state index contributed by atoms with van der Waals surface area (Å²) in [5.74, 6) is 0.221. The van der Waals surface area contributed by atoms with E-state index in [1.165, 1.54) is 6.07 Å². The first-order valence-electron chi connectivity index (χ1n) is 6.32. The minimum Gasteiger partial charge on any atom is -0.508 e. The Bertz CT molecular complexity index is 380. The standard InChI is InChI=1S/C14H24N2O2/c1-10(7-8-16(3)4)15-11(2)13-6-5-12(17)9-14(13)18/h5-6,9-11,15,17-18H,7-8H2,1-4H3. The smallest absolute Gasteiger partial charge is 0.124 e. The van der Waals surface area contributed by atoms with Crippen molar-refractivity contribution < 1.29 is 10.2 Å². The predicted octanol–water partition coefficient (Wildman–Crippen LogP) is 2.09. The fourth-order valence-electron chi connectivity index (χ4n) is 1.95. The molecule has 4 nitrogen and oxygen atoms in total. The molecular formula is C14H24N2O2. The summed E-state index contributed by atoms with van der Waals surface area (Å²) in [7, 11) is 4.11. The molecule has 1 aromatic rings. The summed E-state index contributed by atoms with van der Waals surface area (Å²) in [4.78, 5) is 2.15. The highest BCUT2D eigenvalue weighted by molar-refractivity contribution is 5.40. The Kier molecular flexibility index (Phi) is 5.44. The van der Waals surface area contributed by atoms with E-state index >= 15 is 0 Å². The molecule has 102 valence electrons. The van der Waals surface area contributed by atoms with E-state index in [1.807, 2.05) is 6.92 Å². The molecule has 0 fully saturated rings. The van der Waals surface area contributed by atoms with Gasteiger partial charge in [0.05, 0.1) is 0 Å². The molecule has 0 aliphatic heterocycles. The fraction of sp³-hybridized carbons (Fsp3) is 0.571. The first-order valence-corrected chi connectivity index (χ1v) is 6.32. The van der Waals surface area contributed by atoms with Crippen LogP contribution < -0.4 is 5.32 Å². The number of benzene rings is 1. The Morgan fingerprint density at radius 2 is 1.89 bits per heavy atom. The van der Waals surface area contributed by atoms with E-state index in [2.05, 4.69) is 31.2 Å². The van der Waals surface area contributed by atoms with Crippen molar-refractivity contribution in [3.05, 3.63) is 23.8 Å². The third-order valence-electron chi connectivity index (χ3n) is 3.02. The van der Waals surface area contributed by atoms with Gasteiger partial charge >= 0.3 is 0 Å². The van der Waals surface area contributed by atoms with Gasteiger partial charge in [0.15, 0.2) is 0 Å². The summed E-state index contributed by atoms with van der Waals surface area (Å²) in [5, 5.41) is 22.5. The van der Waals surface area contributed by atoms with Gasteiger partial charge in [0, 0.05) is 23.7 Å². The Morgan fingerprint density at radius 3 is 2.44 bits per heavy atom. The summed E-state index contributed by atoms with van der Waals surface area (Å²) in [6.07, 6.45) is 1.05. The minimum atomic E-state index is 0.0581. The lowest BCUT2D eigenvalue weighted by Crippen LogP contribution is -2.31. The number of phenols is 2. The lowest BCUT2D eigenvalue weighted by Gasteiger charge is -2.22. The van der Waals surface area contributed by atoms with Gasteiger partial charge in [-0.25, -0.2) is 0 Å². The Labute approximate surface area is 109 Å². The molecule has 0 spiro atoms. The van der Waals surface area contributed by atoms with Crippen LogP contribution in [0, 0.1) is 0 Å². The quantitative estimate of drug-likeness (QED) is 0.725. The van der Waals surface area contributed by atoms with E-state index in [9.17, 15) is 10.2 Å². The first-order chi connectivity index (χ1) is 8.40. The van der Waals surface area contributed by atoms with E-state index in [-0.39, 0.29) is 17.5 Å². The Morgan fingerprint density at radius 1 is 1.22 bits per heavy atom.